The predicted octanol–water partition coefficient (Wildman–Crippen LogP) is 3.14. The molecule has 1 aliphatic heterocycles. The lowest BCUT2D eigenvalue weighted by molar-refractivity contribution is 0.308. The molecule has 1 saturated heterocycles. The molecule has 0 radical (unpaired) electrons. The third-order valence-electron chi connectivity index (χ3n) is 5.20. The van der Waals surface area contributed by atoms with Crippen molar-refractivity contribution in [2.45, 2.75) is 58.4 Å². The summed E-state index contributed by atoms with van der Waals surface area (Å²) in [5, 5.41) is 7.53. The molecule has 5 nitrogen and oxygen atoms in total. The Kier molecular flexibility index (Phi) is 4.41. The van der Waals surface area contributed by atoms with Crippen LogP contribution in [0.3, 0.4) is 0 Å². The summed E-state index contributed by atoms with van der Waals surface area (Å²) >= 11 is 0. The molecule has 22 heavy (non-hydrogen) atoms. The highest BCUT2D eigenvalue weighted by Crippen LogP contribution is 2.45. The second kappa shape index (κ2) is 6.31. The first-order chi connectivity index (χ1) is 10.6. The molecule has 1 N–H and O–H groups in total. The van der Waals surface area contributed by atoms with Crippen LogP contribution < -0.4 is 5.32 Å². The topological polar surface area (TPSA) is 53.7 Å². The number of aliphatic imine (C=N–C) groups is 1. The van der Waals surface area contributed by atoms with Gasteiger partial charge in [0, 0.05) is 26.2 Å². The van der Waals surface area contributed by atoms with Gasteiger partial charge in [0.15, 0.2) is 11.7 Å². The van der Waals surface area contributed by atoms with Crippen LogP contribution in [-0.4, -0.2) is 36.2 Å². The molecular formula is C17H28N4O. The molecule has 3 rings (SSSR count). The minimum atomic E-state index is 0.401. The van der Waals surface area contributed by atoms with E-state index in [0.29, 0.717) is 17.9 Å². The van der Waals surface area contributed by atoms with Crippen molar-refractivity contribution in [2.75, 3.05) is 20.1 Å². The molecule has 1 spiro atoms. The predicted molar refractivity (Wildman–Crippen MR) is 87.9 cm³/mol. The molecule has 122 valence electrons. The van der Waals surface area contributed by atoms with Crippen molar-refractivity contribution in [3.05, 3.63) is 17.5 Å². The standard InChI is InChI=1S/C17H28N4O/c1-13(2)15-10-14(22-20-15)11-19-16(18-3)21-9-8-17(12-21)6-4-5-7-17/h10,13H,4-9,11-12H2,1-3H3,(H,18,19). The molecule has 5 heteroatoms. The Balaban J connectivity index is 1.56. The van der Waals surface area contributed by atoms with Crippen molar-refractivity contribution in [3.8, 4) is 0 Å². The van der Waals surface area contributed by atoms with Gasteiger partial charge in [0.2, 0.25) is 0 Å². The molecule has 0 bridgehead atoms. The van der Waals surface area contributed by atoms with E-state index >= 15 is 0 Å². The molecule has 1 saturated carbocycles. The van der Waals surface area contributed by atoms with Crippen molar-refractivity contribution in [3.63, 3.8) is 0 Å². The molecule has 0 atom stereocenters. The fourth-order valence-electron chi connectivity index (χ4n) is 3.83. The first-order valence-electron chi connectivity index (χ1n) is 8.53. The summed E-state index contributed by atoms with van der Waals surface area (Å²) in [4.78, 5) is 6.86. The molecule has 2 aliphatic rings. The SMILES string of the molecule is CN=C(NCc1cc(C(C)C)no1)N1CCC2(CCCC2)C1. The maximum Gasteiger partial charge on any atom is 0.194 e. The van der Waals surface area contributed by atoms with E-state index < -0.39 is 0 Å². The zero-order valence-corrected chi connectivity index (χ0v) is 14.1. The lowest BCUT2D eigenvalue weighted by atomic mass is 9.86. The lowest BCUT2D eigenvalue weighted by Crippen LogP contribution is -2.40. The molecule has 2 fully saturated rings. The van der Waals surface area contributed by atoms with Crippen LogP contribution in [0, 0.1) is 5.41 Å². The number of likely N-dealkylation sites (tertiary alicyclic amines) is 1. The zero-order chi connectivity index (χ0) is 15.6. The first kappa shape index (κ1) is 15.4. The van der Waals surface area contributed by atoms with E-state index in [1.807, 2.05) is 13.1 Å². The van der Waals surface area contributed by atoms with Gasteiger partial charge in [-0.05, 0) is 30.6 Å². The van der Waals surface area contributed by atoms with Crippen molar-refractivity contribution in [2.24, 2.45) is 10.4 Å². The van der Waals surface area contributed by atoms with E-state index in [4.69, 9.17) is 4.52 Å². The molecule has 0 amide bonds. The van der Waals surface area contributed by atoms with Crippen LogP contribution in [0.1, 0.15) is 63.3 Å². The van der Waals surface area contributed by atoms with E-state index in [9.17, 15) is 0 Å². The summed E-state index contributed by atoms with van der Waals surface area (Å²) in [6, 6.07) is 2.04. The van der Waals surface area contributed by atoms with Gasteiger partial charge in [-0.25, -0.2) is 0 Å². The van der Waals surface area contributed by atoms with Gasteiger partial charge in [0.05, 0.1) is 12.2 Å². The number of rotatable bonds is 3. The Morgan fingerprint density at radius 3 is 2.82 bits per heavy atom. The van der Waals surface area contributed by atoms with Gasteiger partial charge in [0.1, 0.15) is 0 Å². The average Bonchev–Trinajstić information content (AvgIpc) is 3.23. The van der Waals surface area contributed by atoms with Gasteiger partial charge in [-0.3, -0.25) is 4.99 Å². The number of nitrogens with one attached hydrogen (secondary N) is 1. The summed E-state index contributed by atoms with van der Waals surface area (Å²) in [6.07, 6.45) is 6.89. The van der Waals surface area contributed by atoms with Gasteiger partial charge < -0.3 is 14.7 Å². The molecule has 1 aliphatic carbocycles. The van der Waals surface area contributed by atoms with E-state index in [1.165, 1.54) is 32.1 Å². The summed E-state index contributed by atoms with van der Waals surface area (Å²) in [7, 11) is 1.86. The Morgan fingerprint density at radius 2 is 2.18 bits per heavy atom. The average molecular weight is 304 g/mol. The molecule has 0 unspecified atom stereocenters. The van der Waals surface area contributed by atoms with Gasteiger partial charge >= 0.3 is 0 Å². The van der Waals surface area contributed by atoms with Gasteiger partial charge in [-0.2, -0.15) is 0 Å². The summed E-state index contributed by atoms with van der Waals surface area (Å²) < 4.78 is 5.39. The Labute approximate surface area is 133 Å². The van der Waals surface area contributed by atoms with Crippen molar-refractivity contribution >= 4 is 5.96 Å². The van der Waals surface area contributed by atoms with Crippen LogP contribution >= 0.6 is 0 Å². The zero-order valence-electron chi connectivity index (χ0n) is 14.1. The number of nitrogens with zero attached hydrogens (tertiary/aromatic N) is 3. The van der Waals surface area contributed by atoms with Crippen molar-refractivity contribution in [1.82, 2.24) is 15.4 Å². The second-order valence-electron chi connectivity index (χ2n) is 7.15. The van der Waals surface area contributed by atoms with Crippen LogP contribution in [0.2, 0.25) is 0 Å². The van der Waals surface area contributed by atoms with Crippen LogP contribution in [-0.2, 0) is 6.54 Å². The van der Waals surface area contributed by atoms with Crippen molar-refractivity contribution < 1.29 is 4.52 Å². The van der Waals surface area contributed by atoms with Gasteiger partial charge in [0.25, 0.3) is 0 Å². The second-order valence-corrected chi connectivity index (χ2v) is 7.15. The lowest BCUT2D eigenvalue weighted by Gasteiger charge is -2.25. The quantitative estimate of drug-likeness (QED) is 0.688. The highest BCUT2D eigenvalue weighted by Gasteiger charge is 2.41. The first-order valence-corrected chi connectivity index (χ1v) is 8.53. The van der Waals surface area contributed by atoms with Gasteiger partial charge in [-0.15, -0.1) is 0 Å². The maximum absolute atomic E-state index is 5.39. The fourth-order valence-corrected chi connectivity index (χ4v) is 3.83. The molecule has 1 aromatic rings. The van der Waals surface area contributed by atoms with Crippen LogP contribution in [0.25, 0.3) is 0 Å². The Hall–Kier alpha value is -1.52. The third kappa shape index (κ3) is 3.13. The summed E-state index contributed by atoms with van der Waals surface area (Å²) in [5.74, 6) is 2.27. The van der Waals surface area contributed by atoms with Crippen LogP contribution in [0.15, 0.2) is 15.6 Å². The van der Waals surface area contributed by atoms with E-state index in [0.717, 1.165) is 30.5 Å². The number of guanidine groups is 1. The number of hydrogen-bond donors (Lipinski definition) is 1. The molecule has 2 heterocycles. The normalized spacial score (nSPS) is 21.3. The van der Waals surface area contributed by atoms with Gasteiger partial charge in [-0.1, -0.05) is 31.8 Å². The molecular weight excluding hydrogens is 276 g/mol. The monoisotopic (exact) mass is 304 g/mol. The number of hydrogen-bond acceptors (Lipinski definition) is 3. The molecule has 0 aromatic carbocycles. The smallest absolute Gasteiger partial charge is 0.194 e. The minimum Gasteiger partial charge on any atom is -0.359 e. The van der Waals surface area contributed by atoms with Crippen LogP contribution in [0.5, 0.6) is 0 Å². The Bertz CT molecular complexity index is 529. The minimum absolute atomic E-state index is 0.401. The third-order valence-corrected chi connectivity index (χ3v) is 5.20. The molecule has 1 aromatic heterocycles. The highest BCUT2D eigenvalue weighted by molar-refractivity contribution is 5.80. The van der Waals surface area contributed by atoms with E-state index in [-0.39, 0.29) is 0 Å². The fraction of sp³-hybridized carbons (Fsp3) is 0.765. The summed E-state index contributed by atoms with van der Waals surface area (Å²) in [6.45, 7) is 7.17. The number of aromatic nitrogens is 1. The maximum atomic E-state index is 5.39. The Morgan fingerprint density at radius 1 is 1.41 bits per heavy atom. The van der Waals surface area contributed by atoms with E-state index in [1.54, 1.807) is 0 Å². The van der Waals surface area contributed by atoms with E-state index in [2.05, 4.69) is 34.2 Å². The van der Waals surface area contributed by atoms with Crippen LogP contribution in [0.4, 0.5) is 0 Å². The van der Waals surface area contributed by atoms with Crippen molar-refractivity contribution in [1.29, 1.82) is 0 Å². The highest BCUT2D eigenvalue weighted by atomic mass is 16.5. The summed E-state index contributed by atoms with van der Waals surface area (Å²) in [5.41, 5.74) is 1.58. The largest absolute Gasteiger partial charge is 0.359 e.